The molecule has 10 nitrogen and oxygen atoms in total. The third-order valence-corrected chi connectivity index (χ3v) is 2.58. The van der Waals surface area contributed by atoms with Crippen LogP contribution in [0, 0.1) is 45.1 Å². The summed E-state index contributed by atoms with van der Waals surface area (Å²) in [5.41, 5.74) is 0. The smallest absolute Gasteiger partial charge is 1.00 e. The van der Waals surface area contributed by atoms with E-state index in [1.807, 2.05) is 84.6 Å². The van der Waals surface area contributed by atoms with Gasteiger partial charge in [-0.3, -0.25) is 39.3 Å². The Morgan fingerprint density at radius 3 is 0.694 bits per heavy atom. The molecule has 0 spiro atoms. The second-order valence-corrected chi connectivity index (χ2v) is 6.59. The van der Waals surface area contributed by atoms with Gasteiger partial charge in [-0.15, -0.1) is 0 Å². The Morgan fingerprint density at radius 2 is 0.694 bits per heavy atom. The molecule has 36 heavy (non-hydrogen) atoms. The molecule has 0 N–H and O–H groups in total. The van der Waals surface area contributed by atoms with Crippen molar-refractivity contribution in [2.75, 3.05) is 84.6 Å². The molecular weight excluding hydrogens is 552 g/mol. The summed E-state index contributed by atoms with van der Waals surface area (Å²) < 4.78 is 4.17. The van der Waals surface area contributed by atoms with Gasteiger partial charge in [0, 0.05) is 0 Å². The number of guanidine groups is 2. The average molecular weight is 601 g/mol. The number of hydrogen-bond acceptors (Lipinski definition) is 4. The number of nitriles is 4. The van der Waals surface area contributed by atoms with Gasteiger partial charge in [-0.05, 0) is 0 Å². The minimum atomic E-state index is 0. The maximum atomic E-state index is 7.54. The van der Waals surface area contributed by atoms with Crippen LogP contribution in [0.4, 0.5) is 0 Å². The first kappa shape index (κ1) is 70.7. The van der Waals surface area contributed by atoms with Gasteiger partial charge in [-0.1, -0.05) is 29.6 Å². The van der Waals surface area contributed by atoms with Crippen molar-refractivity contribution in [1.29, 1.82) is 21.0 Å². The van der Waals surface area contributed by atoms with Crippen molar-refractivity contribution in [3.8, 4) is 24.1 Å². The van der Waals surface area contributed by atoms with Crippen LogP contribution in [-0.4, -0.2) is 133 Å². The molecule has 0 aromatic rings. The van der Waals surface area contributed by atoms with E-state index in [1.54, 1.807) is 0 Å². The second-order valence-electron chi connectivity index (χ2n) is 6.59. The van der Waals surface area contributed by atoms with Crippen LogP contribution in [0.5, 0.6) is 0 Å². The Bertz CT molecular complexity index is 603. The van der Waals surface area contributed by atoms with E-state index in [0.29, 0.717) is 0 Å². The fourth-order valence-electron chi connectivity index (χ4n) is 2.43. The quantitative estimate of drug-likeness (QED) is 0.117. The van der Waals surface area contributed by atoms with E-state index in [0.717, 1.165) is 7.28 Å². The topological polar surface area (TPSA) is 114 Å². The van der Waals surface area contributed by atoms with Gasteiger partial charge in [0.05, 0.1) is 84.6 Å². The average Bonchev–Trinajstić information content (AvgIpc) is 2.54. The molecule has 0 heterocycles. The van der Waals surface area contributed by atoms with Gasteiger partial charge < -0.3 is 24.8 Å². The number of hydrogen-bond donors (Lipinski definition) is 0. The summed E-state index contributed by atoms with van der Waals surface area (Å²) in [6.45, 7) is 0. The molecule has 0 aromatic heterocycles. The van der Waals surface area contributed by atoms with Crippen LogP contribution in [0.25, 0.3) is 0 Å². The SMILES string of the molecule is C.C.C.CN(C)C(N(C)C)=[N+](C)C.CN(C)C(N(C)C)=[N+](C)C.N#CC#N.N#C[B-]C#N.[Cl-].[Cl-].[K+].[K+]. The number of halogens is 2. The van der Waals surface area contributed by atoms with E-state index in [-0.39, 0.29) is 150 Å². The molecule has 0 bridgehead atoms. The molecule has 0 atom stereocenters. The van der Waals surface area contributed by atoms with E-state index < -0.39 is 0 Å². The van der Waals surface area contributed by atoms with Crippen LogP contribution in [-0.2, 0) is 0 Å². The molecule has 200 valence electrons. The Kier molecular flexibility index (Phi) is 95.2. The molecule has 2 radical (unpaired) electrons. The fourth-order valence-corrected chi connectivity index (χ4v) is 2.43. The van der Waals surface area contributed by atoms with Crippen molar-refractivity contribution in [2.45, 2.75) is 22.3 Å². The minimum absolute atomic E-state index is 0. The molecular formula is C21H48BCl2K2N10+. The predicted octanol–water partition coefficient (Wildman–Crippen LogP) is -10.9. The van der Waals surface area contributed by atoms with E-state index in [9.17, 15) is 0 Å². The molecule has 0 aliphatic carbocycles. The van der Waals surface area contributed by atoms with Crippen molar-refractivity contribution in [3.63, 3.8) is 0 Å². The van der Waals surface area contributed by atoms with Crippen molar-refractivity contribution in [3.05, 3.63) is 0 Å². The van der Waals surface area contributed by atoms with Gasteiger partial charge in [0.15, 0.2) is 12.1 Å². The molecule has 0 rings (SSSR count). The molecule has 0 amide bonds. The first-order chi connectivity index (χ1) is 13.3. The summed E-state index contributed by atoms with van der Waals surface area (Å²) >= 11 is 0. The Hall–Kier alpha value is 0.418. The molecule has 0 aliphatic rings. The standard InChI is InChI=1S/2C7H18N3.C2BN2.C2N2.3CH4.2ClH.2K/c2*1-8(2)7(9(3)4)10(5)6;4-1-3-2-5;3-1-2-4;;;;;;;/h2*1-6H3;;;3*1H4;2*1H;;/q2*+1;-1;;;;;;;2*+1/p-2. The second kappa shape index (κ2) is 48.5. The summed E-state index contributed by atoms with van der Waals surface area (Å²) in [5, 5.41) is 29.6. The van der Waals surface area contributed by atoms with Gasteiger partial charge >= 0.3 is 115 Å². The van der Waals surface area contributed by atoms with Crippen molar-refractivity contribution < 1.29 is 137 Å². The van der Waals surface area contributed by atoms with Crippen LogP contribution in [0.3, 0.4) is 0 Å². The normalized spacial score (nSPS) is 5.89. The van der Waals surface area contributed by atoms with Crippen molar-refractivity contribution in [1.82, 2.24) is 19.6 Å². The van der Waals surface area contributed by atoms with E-state index in [1.165, 1.54) is 36.0 Å². The first-order valence-electron chi connectivity index (χ1n) is 8.43. The van der Waals surface area contributed by atoms with Crippen molar-refractivity contribution >= 4 is 19.2 Å². The third kappa shape index (κ3) is 51.1. The monoisotopic (exact) mass is 599 g/mol. The van der Waals surface area contributed by atoms with E-state index >= 15 is 0 Å². The largest absolute Gasteiger partial charge is 1.00 e. The first-order valence-corrected chi connectivity index (χ1v) is 8.43. The summed E-state index contributed by atoms with van der Waals surface area (Å²) in [4.78, 5) is 8.33. The minimum Gasteiger partial charge on any atom is -1.00 e. The summed E-state index contributed by atoms with van der Waals surface area (Å²) in [6, 6.07) is 2.47. The zero-order valence-electron chi connectivity index (χ0n) is 22.8. The zero-order chi connectivity index (χ0) is 24.2. The summed E-state index contributed by atoms with van der Waals surface area (Å²) in [5.74, 6) is 5.45. The van der Waals surface area contributed by atoms with Crippen LogP contribution in [0.1, 0.15) is 22.3 Å². The maximum Gasteiger partial charge on any atom is 1.00 e. The molecule has 0 unspecified atom stereocenters. The van der Waals surface area contributed by atoms with Crippen molar-refractivity contribution in [2.24, 2.45) is 0 Å². The number of nitrogens with zero attached hydrogens (tertiary/aromatic N) is 10. The van der Waals surface area contributed by atoms with Crippen LogP contribution in [0.2, 0.25) is 0 Å². The third-order valence-electron chi connectivity index (χ3n) is 2.58. The predicted molar refractivity (Wildman–Crippen MR) is 137 cm³/mol. The summed E-state index contributed by atoms with van der Waals surface area (Å²) in [7, 11) is 25.3. The molecule has 15 heteroatoms. The van der Waals surface area contributed by atoms with Crippen LogP contribution in [0.15, 0.2) is 0 Å². The molecule has 0 aromatic carbocycles. The Morgan fingerprint density at radius 1 is 0.528 bits per heavy atom. The summed E-state index contributed by atoms with van der Waals surface area (Å²) in [6.07, 6.45) is 0. The van der Waals surface area contributed by atoms with E-state index in [4.69, 9.17) is 21.0 Å². The van der Waals surface area contributed by atoms with E-state index in [2.05, 4.69) is 28.8 Å². The zero-order valence-corrected chi connectivity index (χ0v) is 30.6. The van der Waals surface area contributed by atoms with Gasteiger partial charge in [0.1, 0.15) is 0 Å². The molecule has 0 saturated carbocycles. The molecule has 0 saturated heterocycles. The number of rotatable bonds is 0. The van der Waals surface area contributed by atoms with Gasteiger partial charge in [-0.25, -0.2) is 11.9 Å². The Labute approximate surface area is 322 Å². The fraction of sp³-hybridized carbons (Fsp3) is 0.714. The molecule has 0 fully saturated rings. The van der Waals surface area contributed by atoms with Gasteiger partial charge in [0.25, 0.3) is 0 Å². The maximum absolute atomic E-state index is 7.54. The van der Waals surface area contributed by atoms with Gasteiger partial charge in [-0.2, -0.15) is 10.5 Å². The van der Waals surface area contributed by atoms with Gasteiger partial charge in [0.2, 0.25) is 0 Å². The molecule has 0 aliphatic heterocycles. The Balaban J connectivity index is -0.0000000254. The van der Waals surface area contributed by atoms with Crippen LogP contribution < -0.4 is 128 Å². The van der Waals surface area contributed by atoms with Crippen LogP contribution >= 0.6 is 0 Å².